The van der Waals surface area contributed by atoms with Crippen LogP contribution in [0, 0.1) is 0 Å². The molecule has 0 heterocycles. The van der Waals surface area contributed by atoms with Crippen LogP contribution in [0.4, 0.5) is 0 Å². The van der Waals surface area contributed by atoms with Gasteiger partial charge >= 0.3 is 0 Å². The van der Waals surface area contributed by atoms with E-state index in [0.29, 0.717) is 0 Å². The summed E-state index contributed by atoms with van der Waals surface area (Å²) in [5.74, 6) is 2.13. The molecule has 1 aliphatic carbocycles. The summed E-state index contributed by atoms with van der Waals surface area (Å²) in [5.41, 5.74) is 2.60. The molecule has 2 nitrogen and oxygen atoms in total. The van der Waals surface area contributed by atoms with E-state index in [0.717, 1.165) is 30.8 Å². The lowest BCUT2D eigenvalue weighted by Crippen LogP contribution is -2.44. The highest BCUT2D eigenvalue weighted by Gasteiger charge is 2.40. The van der Waals surface area contributed by atoms with Gasteiger partial charge in [0.05, 0.1) is 7.11 Å². The molecule has 3 heteroatoms. The zero-order chi connectivity index (χ0) is 22.6. The maximum atomic E-state index is 7.17. The SMILES string of the molecule is CCc1c(CC)c(OC)c2c(c1O[Si](C)(C)C(C)(C)C)c1c(c3ccccc32)=CCC=1. The fourth-order valence-electron chi connectivity index (χ4n) is 4.75. The molecule has 0 N–H and O–H groups in total. The molecule has 164 valence electrons. The highest BCUT2D eigenvalue weighted by atomic mass is 28.4. The third-order valence-electron chi connectivity index (χ3n) is 7.38. The predicted molar refractivity (Wildman–Crippen MR) is 137 cm³/mol. The summed E-state index contributed by atoms with van der Waals surface area (Å²) in [6, 6.07) is 8.77. The van der Waals surface area contributed by atoms with Crippen molar-refractivity contribution in [3.63, 3.8) is 0 Å². The van der Waals surface area contributed by atoms with E-state index < -0.39 is 8.32 Å². The Bertz CT molecular complexity index is 1290. The van der Waals surface area contributed by atoms with Gasteiger partial charge in [-0.25, -0.2) is 0 Å². The summed E-state index contributed by atoms with van der Waals surface area (Å²) in [4.78, 5) is 0. The first-order valence-corrected chi connectivity index (χ1v) is 14.5. The lowest BCUT2D eigenvalue weighted by molar-refractivity contribution is 0.413. The molecule has 0 aliphatic heterocycles. The average molecular weight is 433 g/mol. The van der Waals surface area contributed by atoms with Crippen LogP contribution in [0.5, 0.6) is 11.5 Å². The van der Waals surface area contributed by atoms with E-state index in [1.807, 2.05) is 7.11 Å². The summed E-state index contributed by atoms with van der Waals surface area (Å²) < 4.78 is 13.3. The molecular weight excluding hydrogens is 396 g/mol. The highest BCUT2D eigenvalue weighted by Crippen LogP contribution is 2.46. The van der Waals surface area contributed by atoms with Gasteiger partial charge in [-0.2, -0.15) is 0 Å². The number of rotatable bonds is 5. The second-order valence-electron chi connectivity index (χ2n) is 10.2. The molecule has 0 radical (unpaired) electrons. The molecule has 4 rings (SSSR count). The quantitative estimate of drug-likeness (QED) is 0.339. The minimum atomic E-state index is -2.04. The van der Waals surface area contributed by atoms with Crippen LogP contribution in [-0.2, 0) is 12.8 Å². The minimum absolute atomic E-state index is 0.131. The second-order valence-corrected chi connectivity index (χ2v) is 14.9. The van der Waals surface area contributed by atoms with Gasteiger partial charge in [0.1, 0.15) is 11.5 Å². The van der Waals surface area contributed by atoms with E-state index in [1.165, 1.54) is 43.1 Å². The Hall–Kier alpha value is -2.26. The molecule has 0 unspecified atom stereocenters. The van der Waals surface area contributed by atoms with Crippen molar-refractivity contribution < 1.29 is 9.16 Å². The van der Waals surface area contributed by atoms with Crippen molar-refractivity contribution in [2.75, 3.05) is 7.11 Å². The van der Waals surface area contributed by atoms with Gasteiger partial charge in [-0.3, -0.25) is 0 Å². The van der Waals surface area contributed by atoms with E-state index in [4.69, 9.17) is 9.16 Å². The molecule has 0 saturated carbocycles. The molecule has 0 atom stereocenters. The number of fused-ring (bicyclic) bond motifs is 6. The Labute approximate surface area is 187 Å². The van der Waals surface area contributed by atoms with Gasteiger partial charge < -0.3 is 9.16 Å². The van der Waals surface area contributed by atoms with E-state index >= 15 is 0 Å². The molecule has 0 aromatic heterocycles. The van der Waals surface area contributed by atoms with Crippen molar-refractivity contribution in [1.29, 1.82) is 0 Å². The zero-order valence-corrected chi connectivity index (χ0v) is 21.4. The first-order chi connectivity index (χ1) is 14.7. The number of methoxy groups -OCH3 is 1. The van der Waals surface area contributed by atoms with Gasteiger partial charge in [0.15, 0.2) is 0 Å². The molecule has 3 aromatic carbocycles. The maximum absolute atomic E-state index is 7.17. The van der Waals surface area contributed by atoms with Crippen LogP contribution in [0.1, 0.15) is 52.2 Å². The standard InChI is InChI=1S/C28H36O2Si/c1-9-18-19(10-2)27(30-31(7,8)28(3,4)5)25-23-17-13-16-21(23)20-14-11-12-15-22(20)24(25)26(18)29-6/h11-12,14-17H,9-10,13H2,1-8H3. The minimum Gasteiger partial charge on any atom is -0.543 e. The van der Waals surface area contributed by atoms with E-state index in [1.54, 1.807) is 0 Å². The lowest BCUT2D eigenvalue weighted by Gasteiger charge is -2.38. The Balaban J connectivity index is 2.29. The second kappa shape index (κ2) is 7.70. The molecule has 0 spiro atoms. The van der Waals surface area contributed by atoms with E-state index in [9.17, 15) is 0 Å². The summed E-state index contributed by atoms with van der Waals surface area (Å²) in [5, 5.41) is 7.82. The van der Waals surface area contributed by atoms with Crippen LogP contribution < -0.4 is 19.6 Å². The van der Waals surface area contributed by atoms with Gasteiger partial charge in [-0.05, 0) is 64.2 Å². The van der Waals surface area contributed by atoms with Gasteiger partial charge in [0.2, 0.25) is 0 Å². The maximum Gasteiger partial charge on any atom is 0.250 e. The van der Waals surface area contributed by atoms with Crippen LogP contribution in [0.15, 0.2) is 24.3 Å². The fraction of sp³-hybridized carbons (Fsp3) is 0.429. The Morgan fingerprint density at radius 3 is 2.00 bits per heavy atom. The van der Waals surface area contributed by atoms with Crippen LogP contribution in [0.3, 0.4) is 0 Å². The zero-order valence-electron chi connectivity index (χ0n) is 20.4. The Kier molecular flexibility index (Phi) is 5.45. The predicted octanol–water partition coefficient (Wildman–Crippen LogP) is 6.48. The summed E-state index contributed by atoms with van der Waals surface area (Å²) >= 11 is 0. The third-order valence-corrected chi connectivity index (χ3v) is 11.7. The van der Waals surface area contributed by atoms with E-state index in [2.05, 4.69) is 84.1 Å². The molecule has 1 aliphatic rings. The van der Waals surface area contributed by atoms with Gasteiger partial charge in [0, 0.05) is 16.3 Å². The van der Waals surface area contributed by atoms with Crippen molar-refractivity contribution in [2.24, 2.45) is 0 Å². The molecular formula is C28H36O2Si. The van der Waals surface area contributed by atoms with Crippen LogP contribution in [0.2, 0.25) is 18.1 Å². The first-order valence-electron chi connectivity index (χ1n) is 11.6. The highest BCUT2D eigenvalue weighted by molar-refractivity contribution is 6.74. The molecule has 0 amide bonds. The number of hydrogen-bond acceptors (Lipinski definition) is 2. The monoisotopic (exact) mass is 432 g/mol. The molecule has 31 heavy (non-hydrogen) atoms. The summed E-state index contributed by atoms with van der Waals surface area (Å²) in [6.45, 7) is 16.1. The van der Waals surface area contributed by atoms with Crippen LogP contribution >= 0.6 is 0 Å². The molecule has 0 saturated heterocycles. The first kappa shape index (κ1) is 21.9. The van der Waals surface area contributed by atoms with Gasteiger partial charge in [0.25, 0.3) is 8.32 Å². The third kappa shape index (κ3) is 3.29. The van der Waals surface area contributed by atoms with Gasteiger partial charge in [-0.1, -0.05) is 71.0 Å². The van der Waals surface area contributed by atoms with Crippen LogP contribution in [0.25, 0.3) is 33.7 Å². The van der Waals surface area contributed by atoms with Crippen molar-refractivity contribution in [3.8, 4) is 11.5 Å². The average Bonchev–Trinajstić information content (AvgIpc) is 3.21. The lowest BCUT2D eigenvalue weighted by atomic mass is 9.90. The summed E-state index contributed by atoms with van der Waals surface area (Å²) in [6.07, 6.45) is 7.56. The van der Waals surface area contributed by atoms with E-state index in [-0.39, 0.29) is 5.04 Å². The number of ether oxygens (including phenoxy) is 1. The number of hydrogen-bond donors (Lipinski definition) is 0. The topological polar surface area (TPSA) is 18.5 Å². The van der Waals surface area contributed by atoms with Crippen molar-refractivity contribution in [1.82, 2.24) is 0 Å². The fourth-order valence-corrected chi connectivity index (χ4v) is 5.79. The molecule has 0 bridgehead atoms. The van der Waals surface area contributed by atoms with Crippen LogP contribution in [-0.4, -0.2) is 15.4 Å². The smallest absolute Gasteiger partial charge is 0.250 e. The molecule has 3 aromatic rings. The van der Waals surface area contributed by atoms with Gasteiger partial charge in [-0.15, -0.1) is 0 Å². The Morgan fingerprint density at radius 2 is 1.42 bits per heavy atom. The van der Waals surface area contributed by atoms with Crippen molar-refractivity contribution in [3.05, 3.63) is 45.8 Å². The largest absolute Gasteiger partial charge is 0.543 e. The normalized spacial score (nSPS) is 13.8. The summed E-state index contributed by atoms with van der Waals surface area (Å²) in [7, 11) is -0.220. The van der Waals surface area contributed by atoms with Crippen molar-refractivity contribution >= 4 is 42.0 Å². The Morgan fingerprint density at radius 1 is 0.839 bits per heavy atom. The number of benzene rings is 3. The molecule has 0 fully saturated rings. The van der Waals surface area contributed by atoms with Crippen molar-refractivity contribution in [2.45, 2.75) is 72.0 Å².